The van der Waals surface area contributed by atoms with Crippen molar-refractivity contribution in [1.29, 1.82) is 0 Å². The van der Waals surface area contributed by atoms with Crippen LogP contribution in [0.5, 0.6) is 0 Å². The molecule has 3 heterocycles. The third-order valence-electron chi connectivity index (χ3n) is 6.73. The van der Waals surface area contributed by atoms with E-state index in [9.17, 15) is 4.79 Å². The smallest absolute Gasteiger partial charge is 0.303 e. The Kier molecular flexibility index (Phi) is 8.39. The summed E-state index contributed by atoms with van der Waals surface area (Å²) in [6, 6.07) is 10.5. The summed E-state index contributed by atoms with van der Waals surface area (Å²) < 4.78 is 17.9. The van der Waals surface area contributed by atoms with Crippen LogP contribution in [0.1, 0.15) is 50.5 Å². The average Bonchev–Trinajstić information content (AvgIpc) is 3.42. The summed E-state index contributed by atoms with van der Waals surface area (Å²) >= 11 is 0. The Morgan fingerprint density at radius 1 is 0.969 bits per heavy atom. The highest BCUT2D eigenvalue weighted by Gasteiger charge is 2.68. The Hall–Kier alpha value is -2.13. The highest BCUT2D eigenvalue weighted by molar-refractivity contribution is 5.66. The largest absolute Gasteiger partial charge is 0.481 e. The van der Waals surface area contributed by atoms with Gasteiger partial charge in [-0.05, 0) is 49.5 Å². The number of epoxide rings is 1. The maximum Gasteiger partial charge on any atom is 0.303 e. The van der Waals surface area contributed by atoms with Crippen LogP contribution in [-0.2, 0) is 25.4 Å². The van der Waals surface area contributed by atoms with Gasteiger partial charge in [-0.1, -0.05) is 42.5 Å². The number of aryl methyl sites for hydroxylation is 1. The number of aliphatic carboxylic acids is 1. The Morgan fingerprint density at radius 2 is 1.72 bits per heavy atom. The summed E-state index contributed by atoms with van der Waals surface area (Å²) in [5.74, 6) is 6.69. The first-order valence-corrected chi connectivity index (χ1v) is 12.0. The molecule has 0 radical (unpaired) electrons. The van der Waals surface area contributed by atoms with Gasteiger partial charge in [0.15, 0.2) is 0 Å². The molecular weight excluding hydrogens is 404 g/mol. The van der Waals surface area contributed by atoms with E-state index in [0.717, 1.165) is 45.1 Å². The van der Waals surface area contributed by atoms with E-state index in [0.29, 0.717) is 37.1 Å². The first-order chi connectivity index (χ1) is 15.7. The van der Waals surface area contributed by atoms with Crippen molar-refractivity contribution in [3.05, 3.63) is 48.0 Å². The zero-order valence-electron chi connectivity index (χ0n) is 18.7. The number of hydrogen-bond donors (Lipinski definition) is 1. The number of carboxylic acids is 1. The van der Waals surface area contributed by atoms with Gasteiger partial charge in [-0.25, -0.2) is 0 Å². The van der Waals surface area contributed by atoms with Crippen LogP contribution in [0.4, 0.5) is 0 Å². The van der Waals surface area contributed by atoms with Crippen molar-refractivity contribution in [1.82, 2.24) is 0 Å². The van der Waals surface area contributed by atoms with Gasteiger partial charge in [-0.2, -0.15) is 0 Å². The fourth-order valence-electron chi connectivity index (χ4n) is 5.08. The van der Waals surface area contributed by atoms with Gasteiger partial charge >= 0.3 is 5.97 Å². The second-order valence-electron chi connectivity index (χ2n) is 8.94. The van der Waals surface area contributed by atoms with Crippen LogP contribution in [-0.4, -0.2) is 48.7 Å². The Balaban J connectivity index is 1.11. The van der Waals surface area contributed by atoms with Crippen molar-refractivity contribution >= 4 is 5.97 Å². The molecule has 0 aromatic heterocycles. The lowest BCUT2D eigenvalue weighted by atomic mass is 9.76. The number of fused-ring (bicyclic) bond motifs is 5. The van der Waals surface area contributed by atoms with Gasteiger partial charge < -0.3 is 19.3 Å². The highest BCUT2D eigenvalue weighted by Crippen LogP contribution is 2.55. The zero-order chi connectivity index (χ0) is 22.2. The van der Waals surface area contributed by atoms with Crippen molar-refractivity contribution in [2.45, 2.75) is 75.8 Å². The van der Waals surface area contributed by atoms with Gasteiger partial charge in [0.25, 0.3) is 0 Å². The van der Waals surface area contributed by atoms with Gasteiger partial charge in [0.2, 0.25) is 0 Å². The van der Waals surface area contributed by atoms with Crippen LogP contribution in [0.25, 0.3) is 0 Å². The van der Waals surface area contributed by atoms with E-state index in [1.54, 1.807) is 0 Å². The molecule has 32 heavy (non-hydrogen) atoms. The summed E-state index contributed by atoms with van der Waals surface area (Å²) in [6.07, 6.45) is 11.7. The summed E-state index contributed by atoms with van der Waals surface area (Å²) in [7, 11) is 0. The molecule has 3 aliphatic heterocycles. The number of ether oxygens (including phenoxy) is 3. The van der Waals surface area contributed by atoms with Crippen molar-refractivity contribution in [2.75, 3.05) is 13.2 Å². The minimum absolute atomic E-state index is 0.217. The van der Waals surface area contributed by atoms with Crippen LogP contribution in [0.15, 0.2) is 42.5 Å². The number of hydrogen-bond acceptors (Lipinski definition) is 4. The van der Waals surface area contributed by atoms with Gasteiger partial charge in [-0.3, -0.25) is 4.79 Å². The summed E-state index contributed by atoms with van der Waals surface area (Å²) in [6.45, 7) is 1.41. The maximum absolute atomic E-state index is 10.6. The number of benzene rings is 1. The van der Waals surface area contributed by atoms with Gasteiger partial charge in [0.1, 0.15) is 12.2 Å². The highest BCUT2D eigenvalue weighted by atomic mass is 16.7. The fraction of sp³-hybridized carbons (Fsp3) is 0.593. The van der Waals surface area contributed by atoms with E-state index >= 15 is 0 Å². The van der Waals surface area contributed by atoms with Crippen LogP contribution in [0.2, 0.25) is 0 Å². The molecule has 3 fully saturated rings. The molecule has 0 amide bonds. The molecule has 172 valence electrons. The molecule has 4 rings (SSSR count). The molecule has 1 N–H and O–H groups in total. The predicted octanol–water partition coefficient (Wildman–Crippen LogP) is 4.40. The van der Waals surface area contributed by atoms with Crippen molar-refractivity contribution in [3.63, 3.8) is 0 Å². The molecule has 2 bridgehead atoms. The molecule has 5 nitrogen and oxygen atoms in total. The molecule has 0 spiro atoms. The van der Waals surface area contributed by atoms with E-state index in [1.807, 2.05) is 6.07 Å². The Bertz CT molecular complexity index is 823. The number of carbonyl (C=O) groups is 1. The van der Waals surface area contributed by atoms with E-state index in [-0.39, 0.29) is 18.6 Å². The number of carboxylic acid groups (broad SMARTS) is 1. The number of allylic oxidation sites excluding steroid dienone is 2. The predicted molar refractivity (Wildman–Crippen MR) is 122 cm³/mol. The molecule has 6 atom stereocenters. The first-order valence-electron chi connectivity index (χ1n) is 12.0. The molecule has 3 saturated heterocycles. The lowest BCUT2D eigenvalue weighted by Crippen LogP contribution is -2.33. The monoisotopic (exact) mass is 438 g/mol. The van der Waals surface area contributed by atoms with Gasteiger partial charge in [0.05, 0.1) is 18.8 Å². The second kappa shape index (κ2) is 11.7. The average molecular weight is 439 g/mol. The molecule has 0 saturated carbocycles. The normalized spacial score (nSPS) is 29.6. The minimum Gasteiger partial charge on any atom is -0.481 e. The van der Waals surface area contributed by atoms with Crippen LogP contribution >= 0.6 is 0 Å². The molecule has 0 unspecified atom stereocenters. The van der Waals surface area contributed by atoms with Gasteiger partial charge in [-0.15, -0.1) is 11.8 Å². The lowest BCUT2D eigenvalue weighted by molar-refractivity contribution is -0.137. The van der Waals surface area contributed by atoms with Crippen molar-refractivity contribution in [2.24, 2.45) is 11.8 Å². The molecule has 0 aliphatic carbocycles. The third-order valence-corrected chi connectivity index (χ3v) is 6.73. The van der Waals surface area contributed by atoms with Crippen LogP contribution in [0.3, 0.4) is 0 Å². The molecule has 5 heteroatoms. The third kappa shape index (κ3) is 6.22. The van der Waals surface area contributed by atoms with Crippen molar-refractivity contribution < 1.29 is 24.1 Å². The second-order valence-corrected chi connectivity index (χ2v) is 8.94. The summed E-state index contributed by atoms with van der Waals surface area (Å²) in [4.78, 5) is 10.6. The van der Waals surface area contributed by atoms with Crippen molar-refractivity contribution in [3.8, 4) is 11.8 Å². The summed E-state index contributed by atoms with van der Waals surface area (Å²) in [5.41, 5.74) is 1.33. The van der Waals surface area contributed by atoms with E-state index in [4.69, 9.17) is 19.3 Å². The molecule has 1 aromatic rings. The van der Waals surface area contributed by atoms with Crippen LogP contribution < -0.4 is 0 Å². The number of rotatable bonds is 13. The standard InChI is InChI=1S/C27H34O5/c28-23(29)16-10-2-1-9-15-21-22(25-27-26(32-27)24(21)31-25)17-19-30-18-11-4-3-6-12-20-13-7-5-8-14-20/h1,5,7-9,13-14,21-22,24-27H,2,6,10-12,15-19H2,(H,28,29)/t21-,22+,24+,25-,26-,27+/m0/s1. The topological polar surface area (TPSA) is 68.3 Å². The first kappa shape index (κ1) is 23.0. The van der Waals surface area contributed by atoms with E-state index < -0.39 is 5.97 Å². The van der Waals surface area contributed by atoms with Crippen LogP contribution in [0, 0.1) is 23.7 Å². The Labute approximate surface area is 191 Å². The maximum atomic E-state index is 10.6. The van der Waals surface area contributed by atoms with E-state index in [1.165, 1.54) is 5.56 Å². The summed E-state index contributed by atoms with van der Waals surface area (Å²) in [5, 5.41) is 8.73. The lowest BCUT2D eigenvalue weighted by Gasteiger charge is -2.25. The number of unbranched alkanes of at least 4 members (excludes halogenated alkanes) is 1. The fourth-order valence-corrected chi connectivity index (χ4v) is 5.08. The van der Waals surface area contributed by atoms with E-state index in [2.05, 4.69) is 48.3 Å². The zero-order valence-corrected chi connectivity index (χ0v) is 18.7. The molecular formula is C27H34O5. The molecule has 1 aromatic carbocycles. The SMILES string of the molecule is O=C(O)CCCC=CC[C@H]1[C@@H](CCOCCC#CCCc2ccccc2)[C@@H]2O[C@H]1[C@@H]1O[C@@H]12. The molecule has 3 aliphatic rings. The minimum atomic E-state index is -0.727. The quantitative estimate of drug-likeness (QED) is 0.214. The van der Waals surface area contributed by atoms with Gasteiger partial charge in [0, 0.05) is 25.9 Å². The Morgan fingerprint density at radius 3 is 2.53 bits per heavy atom.